The van der Waals surface area contributed by atoms with E-state index in [9.17, 15) is 48.4 Å². The SMILES string of the molecule is CC(C)c1c(C(=O)Nc2ccccc2)c(-c2ccccc2)c(-c2ccc(F)cc2)n1CC[C@@H](O)C[C@@H](O)CC(=O)O.CC(C)c1c(C(=O)Nc2ccccc2)c(-c2ccccc2)c(-c2ccc(F)cc2)n1CC[C@@H](O)C[C@@H](O)CC(=O)O.O.[Ca+2].[H-].[H-]. The van der Waals surface area contributed by atoms with Crippen molar-refractivity contribution in [2.45, 2.75) is 116 Å². The first-order valence-corrected chi connectivity index (χ1v) is 27.3. The molecule has 0 unspecified atom stereocenters. The monoisotopic (exact) mass is 1180 g/mol. The van der Waals surface area contributed by atoms with Crippen LogP contribution in [-0.2, 0) is 22.7 Å². The number of carbonyl (C=O) groups is 4. The van der Waals surface area contributed by atoms with Crippen LogP contribution in [0.25, 0.3) is 44.8 Å². The Hall–Kier alpha value is -7.32. The van der Waals surface area contributed by atoms with E-state index in [0.717, 1.165) is 22.5 Å². The summed E-state index contributed by atoms with van der Waals surface area (Å²) in [7, 11) is 0. The largest absolute Gasteiger partial charge is 2.00 e. The number of benzene rings is 6. The Bertz CT molecular complexity index is 3190. The van der Waals surface area contributed by atoms with Gasteiger partial charge in [0.25, 0.3) is 11.8 Å². The molecule has 8 rings (SSSR count). The molecule has 84 heavy (non-hydrogen) atoms. The molecule has 18 heteroatoms. The fourth-order valence-electron chi connectivity index (χ4n) is 10.4. The van der Waals surface area contributed by atoms with Crippen LogP contribution in [0.2, 0.25) is 0 Å². The van der Waals surface area contributed by atoms with E-state index in [1.807, 2.05) is 158 Å². The maximum atomic E-state index is 14.0. The summed E-state index contributed by atoms with van der Waals surface area (Å²) in [5.41, 5.74) is 9.55. The maximum absolute atomic E-state index is 14.0. The second-order valence-electron chi connectivity index (χ2n) is 20.8. The van der Waals surface area contributed by atoms with E-state index in [1.165, 1.54) is 24.3 Å². The number of aromatic nitrogens is 2. The van der Waals surface area contributed by atoms with E-state index in [2.05, 4.69) is 10.6 Å². The molecular weight excluding hydrogens is 1100 g/mol. The Labute approximate surface area is 520 Å². The van der Waals surface area contributed by atoms with Crippen molar-refractivity contribution in [2.75, 3.05) is 10.6 Å². The Kier molecular flexibility index (Phi) is 25.8. The van der Waals surface area contributed by atoms with Crippen molar-refractivity contribution in [3.8, 4) is 44.8 Å². The number of para-hydroxylation sites is 2. The molecule has 15 nitrogen and oxygen atoms in total. The fourth-order valence-corrected chi connectivity index (χ4v) is 10.4. The number of aliphatic hydroxyl groups excluding tert-OH is 4. The Balaban J connectivity index is 0.000000430. The Morgan fingerprint density at radius 3 is 1.04 bits per heavy atom. The van der Waals surface area contributed by atoms with E-state index in [4.69, 9.17) is 10.2 Å². The molecule has 2 aromatic heterocycles. The molecule has 0 bridgehead atoms. The predicted octanol–water partition coefficient (Wildman–Crippen LogP) is 11.6. The van der Waals surface area contributed by atoms with Crippen LogP contribution in [0.3, 0.4) is 0 Å². The van der Waals surface area contributed by atoms with Crippen molar-refractivity contribution >= 4 is 72.9 Å². The first-order valence-electron chi connectivity index (χ1n) is 27.3. The minimum Gasteiger partial charge on any atom is -1.00 e. The minimum absolute atomic E-state index is 0. The first kappa shape index (κ1) is 67.5. The van der Waals surface area contributed by atoms with E-state index in [-0.39, 0.29) is 120 Å². The molecule has 0 saturated carbocycles. The Morgan fingerprint density at radius 2 is 0.750 bits per heavy atom. The third-order valence-corrected chi connectivity index (χ3v) is 13.9. The standard InChI is InChI=1S/2C33H35FN2O5.Ca.H2O.2H/c2*1-21(2)31-30(33(41)35-25-11-7-4-8-12-25)29(22-9-5-3-6-10-22)32(23-13-15-24(34)16-14-23)36(31)18-17-26(37)19-27(38)20-28(39)40;;;;/h2*3-16,21,26-27,37-38H,17-20H2,1-2H3,(H,35,41)(H,39,40);;1H2;;/q;;+2;;2*-1/t2*26-,27-;;;;/m11..../s1. The van der Waals surface area contributed by atoms with Gasteiger partial charge in [0.1, 0.15) is 11.6 Å². The topological polar surface area (TPSA) is 255 Å². The second kappa shape index (κ2) is 32.1. The number of carboxylic acid groups (broad SMARTS) is 2. The fraction of sp³-hybridized carbons (Fsp3) is 0.273. The number of rotatable bonds is 24. The molecule has 0 radical (unpaired) electrons. The molecule has 0 saturated heterocycles. The van der Waals surface area contributed by atoms with Crippen LogP contribution in [0, 0.1) is 11.6 Å². The van der Waals surface area contributed by atoms with Crippen molar-refractivity contribution < 1.29 is 66.9 Å². The van der Waals surface area contributed by atoms with Crippen LogP contribution in [0.4, 0.5) is 20.2 Å². The molecule has 0 aliphatic heterocycles. The molecule has 0 fully saturated rings. The van der Waals surface area contributed by atoms with Crippen molar-refractivity contribution in [3.63, 3.8) is 0 Å². The zero-order chi connectivity index (χ0) is 59.0. The van der Waals surface area contributed by atoms with E-state index < -0.39 is 49.2 Å². The molecule has 8 aromatic rings. The smallest absolute Gasteiger partial charge is 1.00 e. The number of carbonyl (C=O) groups excluding carboxylic acids is 2. The van der Waals surface area contributed by atoms with Gasteiger partial charge < -0.3 is 58.7 Å². The zero-order valence-electron chi connectivity index (χ0n) is 49.5. The van der Waals surface area contributed by atoms with Gasteiger partial charge in [-0.3, -0.25) is 19.2 Å². The third-order valence-electron chi connectivity index (χ3n) is 13.9. The van der Waals surface area contributed by atoms with Crippen LogP contribution >= 0.6 is 0 Å². The molecule has 2 heterocycles. The number of aliphatic hydroxyl groups is 4. The molecular formula is C66H74CaF2N4O11. The summed E-state index contributed by atoms with van der Waals surface area (Å²) >= 11 is 0. The summed E-state index contributed by atoms with van der Waals surface area (Å²) < 4.78 is 32.0. The van der Waals surface area contributed by atoms with Gasteiger partial charge in [0, 0.05) is 47.0 Å². The van der Waals surface area contributed by atoms with Crippen molar-refractivity contribution in [1.82, 2.24) is 9.13 Å². The summed E-state index contributed by atoms with van der Waals surface area (Å²) in [5.74, 6) is -3.87. The predicted molar refractivity (Wildman–Crippen MR) is 326 cm³/mol. The van der Waals surface area contributed by atoms with Gasteiger partial charge in [0.15, 0.2) is 0 Å². The van der Waals surface area contributed by atoms with Gasteiger partial charge in [0.05, 0.1) is 59.8 Å². The molecule has 440 valence electrons. The summed E-state index contributed by atoms with van der Waals surface area (Å²) in [6.45, 7) is 8.50. The number of nitrogens with zero attached hydrogens (tertiary/aromatic N) is 2. The molecule has 0 aliphatic rings. The molecule has 10 N–H and O–H groups in total. The molecule has 6 aromatic carbocycles. The summed E-state index contributed by atoms with van der Waals surface area (Å²) in [6.07, 6.45) is -5.01. The number of carboxylic acids is 2. The van der Waals surface area contributed by atoms with E-state index >= 15 is 0 Å². The number of hydrogen-bond donors (Lipinski definition) is 8. The molecule has 0 aliphatic carbocycles. The van der Waals surface area contributed by atoms with Gasteiger partial charge in [-0.1, -0.05) is 125 Å². The van der Waals surface area contributed by atoms with Gasteiger partial charge in [0.2, 0.25) is 0 Å². The molecule has 4 atom stereocenters. The summed E-state index contributed by atoms with van der Waals surface area (Å²) in [4.78, 5) is 50.0. The quantitative estimate of drug-likeness (QED) is 0.0266. The van der Waals surface area contributed by atoms with Gasteiger partial charge >= 0.3 is 49.7 Å². The van der Waals surface area contributed by atoms with Crippen molar-refractivity contribution in [2.24, 2.45) is 0 Å². The van der Waals surface area contributed by atoms with Gasteiger partial charge in [-0.25, -0.2) is 8.78 Å². The Morgan fingerprint density at radius 1 is 0.452 bits per heavy atom. The van der Waals surface area contributed by atoms with Crippen LogP contribution < -0.4 is 10.6 Å². The van der Waals surface area contributed by atoms with Gasteiger partial charge in [-0.05, 0) is 133 Å². The summed E-state index contributed by atoms with van der Waals surface area (Å²) in [5, 5.41) is 65.6. The normalized spacial score (nSPS) is 12.4. The average molecular weight is 1180 g/mol. The zero-order valence-corrected chi connectivity index (χ0v) is 49.7. The van der Waals surface area contributed by atoms with E-state index in [0.29, 0.717) is 56.1 Å². The van der Waals surface area contributed by atoms with Crippen molar-refractivity contribution in [1.29, 1.82) is 0 Å². The van der Waals surface area contributed by atoms with Crippen LogP contribution in [-0.4, -0.2) is 131 Å². The number of hydrogen-bond acceptors (Lipinski definition) is 8. The number of halogens is 2. The molecule has 0 spiro atoms. The van der Waals surface area contributed by atoms with E-state index in [1.54, 1.807) is 24.3 Å². The average Bonchev–Trinajstić information content (AvgIpc) is 1.82. The second-order valence-corrected chi connectivity index (χ2v) is 20.8. The first-order chi connectivity index (χ1) is 39.3. The van der Waals surface area contributed by atoms with Crippen molar-refractivity contribution in [3.05, 3.63) is 204 Å². The van der Waals surface area contributed by atoms with Crippen LogP contribution in [0.1, 0.15) is 113 Å². The van der Waals surface area contributed by atoms with Crippen LogP contribution in [0.15, 0.2) is 170 Å². The number of anilines is 2. The molecule has 2 amide bonds. The summed E-state index contributed by atoms with van der Waals surface area (Å²) in [6, 6.07) is 49.6. The third kappa shape index (κ3) is 17.9. The van der Waals surface area contributed by atoms with Crippen LogP contribution in [0.5, 0.6) is 0 Å². The number of amides is 2. The van der Waals surface area contributed by atoms with Gasteiger partial charge in [-0.15, -0.1) is 0 Å². The number of aliphatic carboxylic acids is 2. The van der Waals surface area contributed by atoms with Gasteiger partial charge in [-0.2, -0.15) is 0 Å². The number of nitrogens with one attached hydrogen (secondary N) is 2. The maximum Gasteiger partial charge on any atom is 2.00 e. The minimum atomic E-state index is -1.18.